The van der Waals surface area contributed by atoms with Crippen molar-refractivity contribution < 1.29 is 38.3 Å². The lowest BCUT2D eigenvalue weighted by Crippen LogP contribution is -2.58. The van der Waals surface area contributed by atoms with Gasteiger partial charge in [-0.1, -0.05) is 50.2 Å². The van der Waals surface area contributed by atoms with Crippen LogP contribution < -0.4 is 10.6 Å². The first-order chi connectivity index (χ1) is 19.4. The molecule has 13 heteroatoms. The molecule has 41 heavy (non-hydrogen) atoms. The molecule has 12 nitrogen and oxygen atoms in total. The molecule has 1 saturated heterocycles. The number of aliphatic hydroxyl groups excluding tert-OH is 1. The van der Waals surface area contributed by atoms with Crippen molar-refractivity contribution in [2.75, 3.05) is 21.2 Å². The second-order valence-electron chi connectivity index (χ2n) is 10.5. The molecule has 1 aromatic carbocycles. The van der Waals surface area contributed by atoms with E-state index in [4.69, 9.17) is 14.0 Å². The summed E-state index contributed by atoms with van der Waals surface area (Å²) in [5, 5.41) is 15.7. The SMILES string of the molecule is COC(=O)[C@@H]([C@H]1OB([C@H](CC(C)C)NC(=O)C(NC(=O)c2cccc(-c3ccccc3)n2)[C@@H](C)O)OC1=O)N(C)C. The molecule has 220 valence electrons. The summed E-state index contributed by atoms with van der Waals surface area (Å²) in [6, 6.07) is 11.8. The lowest BCUT2D eigenvalue weighted by molar-refractivity contribution is -0.154. The maximum Gasteiger partial charge on any atom is 0.552 e. The second-order valence-corrected chi connectivity index (χ2v) is 10.5. The van der Waals surface area contributed by atoms with E-state index in [0.717, 1.165) is 5.56 Å². The number of nitrogens with zero attached hydrogens (tertiary/aromatic N) is 2. The summed E-state index contributed by atoms with van der Waals surface area (Å²) >= 11 is 0. The van der Waals surface area contributed by atoms with Gasteiger partial charge in [0, 0.05) is 5.56 Å². The van der Waals surface area contributed by atoms with Gasteiger partial charge < -0.3 is 29.8 Å². The topological polar surface area (TPSA) is 156 Å². The Morgan fingerprint density at radius 1 is 1.07 bits per heavy atom. The van der Waals surface area contributed by atoms with Crippen LogP contribution in [0.5, 0.6) is 0 Å². The fourth-order valence-electron chi connectivity index (χ4n) is 4.49. The summed E-state index contributed by atoms with van der Waals surface area (Å²) in [6.07, 6.45) is -2.21. The van der Waals surface area contributed by atoms with Crippen LogP contribution in [0.4, 0.5) is 0 Å². The molecule has 2 aromatic rings. The lowest BCUT2D eigenvalue weighted by atomic mass is 9.74. The van der Waals surface area contributed by atoms with Gasteiger partial charge in [-0.2, -0.15) is 0 Å². The number of aliphatic hydroxyl groups is 1. The van der Waals surface area contributed by atoms with E-state index < -0.39 is 61.1 Å². The normalized spacial score (nSPS) is 17.9. The molecule has 1 fully saturated rings. The van der Waals surface area contributed by atoms with Crippen molar-refractivity contribution in [3.8, 4) is 11.3 Å². The number of esters is 1. The van der Waals surface area contributed by atoms with E-state index in [1.807, 2.05) is 44.2 Å². The number of pyridine rings is 1. The third-order valence-corrected chi connectivity index (χ3v) is 6.52. The van der Waals surface area contributed by atoms with E-state index in [1.165, 1.54) is 25.0 Å². The van der Waals surface area contributed by atoms with E-state index >= 15 is 0 Å². The van der Waals surface area contributed by atoms with Crippen molar-refractivity contribution in [1.29, 1.82) is 0 Å². The maximum absolute atomic E-state index is 13.4. The van der Waals surface area contributed by atoms with E-state index in [2.05, 4.69) is 15.6 Å². The molecule has 5 atom stereocenters. The van der Waals surface area contributed by atoms with Gasteiger partial charge in [0.15, 0.2) is 6.10 Å². The minimum Gasteiger partial charge on any atom is -0.506 e. The number of nitrogens with one attached hydrogen (secondary N) is 2. The standard InChI is InChI=1S/C28H37BN4O8/c1-16(2)15-21(29-40-24(28(38)41-29)23(33(4)5)27(37)39-6)31-26(36)22(17(3)34)32-25(35)20-14-10-13-19(30-20)18-11-8-7-9-12-18/h7-14,16-17,21-24,34H,15H2,1-6H3,(H,31,36)(H,32,35)/t17-,21+,22?,23-,24-/m1/s1. The predicted molar refractivity (Wildman–Crippen MR) is 150 cm³/mol. The maximum atomic E-state index is 13.4. The summed E-state index contributed by atoms with van der Waals surface area (Å²) in [4.78, 5) is 57.3. The Kier molecular flexibility index (Phi) is 11.0. The molecule has 2 amide bonds. The lowest BCUT2D eigenvalue weighted by Gasteiger charge is -2.27. The van der Waals surface area contributed by atoms with Gasteiger partial charge in [-0.3, -0.25) is 24.1 Å². The zero-order valence-corrected chi connectivity index (χ0v) is 24.1. The number of aromatic nitrogens is 1. The minimum atomic E-state index is -1.35. The highest BCUT2D eigenvalue weighted by molar-refractivity contribution is 6.51. The van der Waals surface area contributed by atoms with Gasteiger partial charge in [-0.15, -0.1) is 0 Å². The molecule has 1 aromatic heterocycles. The van der Waals surface area contributed by atoms with Crippen molar-refractivity contribution in [1.82, 2.24) is 20.5 Å². The van der Waals surface area contributed by atoms with Gasteiger partial charge in [0.2, 0.25) is 5.91 Å². The van der Waals surface area contributed by atoms with E-state index in [9.17, 15) is 24.3 Å². The van der Waals surface area contributed by atoms with Gasteiger partial charge in [0.25, 0.3) is 5.91 Å². The van der Waals surface area contributed by atoms with Crippen LogP contribution in [-0.4, -0.2) is 97.3 Å². The minimum absolute atomic E-state index is 0.0384. The number of ether oxygens (including phenoxy) is 1. The molecule has 1 unspecified atom stereocenters. The number of hydrogen-bond acceptors (Lipinski definition) is 10. The molecule has 0 spiro atoms. The van der Waals surface area contributed by atoms with Crippen molar-refractivity contribution in [3.63, 3.8) is 0 Å². The molecule has 2 heterocycles. The molecule has 0 aliphatic carbocycles. The molecule has 1 aliphatic heterocycles. The quantitative estimate of drug-likeness (QED) is 0.248. The van der Waals surface area contributed by atoms with Crippen LogP contribution in [0.2, 0.25) is 0 Å². The Bertz CT molecular complexity index is 1230. The van der Waals surface area contributed by atoms with Gasteiger partial charge >= 0.3 is 19.1 Å². The number of likely N-dealkylation sites (N-methyl/N-ethyl adjacent to an activating group) is 1. The fourth-order valence-corrected chi connectivity index (χ4v) is 4.49. The highest BCUT2D eigenvalue weighted by Crippen LogP contribution is 2.22. The molecular formula is C28H37BN4O8. The number of hydrogen-bond donors (Lipinski definition) is 3. The van der Waals surface area contributed by atoms with E-state index in [0.29, 0.717) is 12.1 Å². The summed E-state index contributed by atoms with van der Waals surface area (Å²) in [6.45, 7) is 5.18. The van der Waals surface area contributed by atoms with Crippen LogP contribution in [0, 0.1) is 5.92 Å². The average molecular weight is 568 g/mol. The molecule has 0 bridgehead atoms. The molecule has 0 saturated carbocycles. The van der Waals surface area contributed by atoms with Crippen LogP contribution in [0.1, 0.15) is 37.7 Å². The van der Waals surface area contributed by atoms with Crippen molar-refractivity contribution in [2.24, 2.45) is 5.92 Å². The number of rotatable bonds is 12. The van der Waals surface area contributed by atoms with E-state index in [1.54, 1.807) is 26.2 Å². The van der Waals surface area contributed by atoms with Gasteiger partial charge in [0.05, 0.1) is 24.8 Å². The van der Waals surface area contributed by atoms with Crippen LogP contribution in [0.3, 0.4) is 0 Å². The van der Waals surface area contributed by atoms with Crippen LogP contribution in [-0.2, 0) is 28.4 Å². The molecule has 3 rings (SSSR count). The predicted octanol–water partition coefficient (Wildman–Crippen LogP) is 0.831. The Hall–Kier alpha value is -3.81. The molecule has 1 aliphatic rings. The largest absolute Gasteiger partial charge is 0.552 e. The fraction of sp³-hybridized carbons (Fsp3) is 0.464. The van der Waals surface area contributed by atoms with Gasteiger partial charge in [-0.25, -0.2) is 4.98 Å². The average Bonchev–Trinajstić information content (AvgIpc) is 3.31. The van der Waals surface area contributed by atoms with Crippen molar-refractivity contribution >= 4 is 30.9 Å². The zero-order chi connectivity index (χ0) is 30.3. The smallest absolute Gasteiger partial charge is 0.506 e. The zero-order valence-electron chi connectivity index (χ0n) is 24.1. The summed E-state index contributed by atoms with van der Waals surface area (Å²) in [5.41, 5.74) is 1.46. The summed E-state index contributed by atoms with van der Waals surface area (Å²) in [7, 11) is 3.19. The third kappa shape index (κ3) is 8.12. The van der Waals surface area contributed by atoms with Crippen LogP contribution >= 0.6 is 0 Å². The Labute approximate surface area is 239 Å². The number of carbonyl (C=O) groups is 4. The monoisotopic (exact) mass is 568 g/mol. The van der Waals surface area contributed by atoms with Crippen molar-refractivity contribution in [2.45, 2.75) is 57.4 Å². The summed E-state index contributed by atoms with van der Waals surface area (Å²) in [5.74, 6) is -3.61. The van der Waals surface area contributed by atoms with Gasteiger partial charge in [-0.05, 0) is 45.5 Å². The Morgan fingerprint density at radius 2 is 1.76 bits per heavy atom. The number of carbonyl (C=O) groups excluding carboxylic acids is 4. The Balaban J connectivity index is 1.76. The van der Waals surface area contributed by atoms with Gasteiger partial charge in [0.1, 0.15) is 17.8 Å². The highest BCUT2D eigenvalue weighted by atomic mass is 16.7. The van der Waals surface area contributed by atoms with Crippen LogP contribution in [0.15, 0.2) is 48.5 Å². The molecule has 3 N–H and O–H groups in total. The Morgan fingerprint density at radius 3 is 2.34 bits per heavy atom. The summed E-state index contributed by atoms with van der Waals surface area (Å²) < 4.78 is 16.1. The third-order valence-electron chi connectivity index (χ3n) is 6.52. The molecule has 0 radical (unpaired) electrons. The number of amides is 2. The van der Waals surface area contributed by atoms with Crippen LogP contribution in [0.25, 0.3) is 11.3 Å². The second kappa shape index (κ2) is 14.2. The molecular weight excluding hydrogens is 531 g/mol. The first-order valence-electron chi connectivity index (χ1n) is 13.3. The number of methoxy groups -OCH3 is 1. The first kappa shape index (κ1) is 31.7. The number of benzene rings is 1. The first-order valence-corrected chi connectivity index (χ1v) is 13.3. The highest BCUT2D eigenvalue weighted by Gasteiger charge is 2.52. The van der Waals surface area contributed by atoms with Crippen molar-refractivity contribution in [3.05, 3.63) is 54.2 Å². The van der Waals surface area contributed by atoms with E-state index in [-0.39, 0.29) is 11.6 Å².